The number of hydrogen-bond acceptors (Lipinski definition) is 2. The molecule has 0 heterocycles. The summed E-state index contributed by atoms with van der Waals surface area (Å²) in [7, 11) is 0. The monoisotopic (exact) mass is 282 g/mol. The van der Waals surface area contributed by atoms with E-state index in [9.17, 15) is 9.18 Å². The summed E-state index contributed by atoms with van der Waals surface area (Å²) in [5, 5.41) is 8.74. The topological polar surface area (TPSA) is 37.3 Å². The highest BCUT2D eigenvalue weighted by Crippen LogP contribution is 2.20. The van der Waals surface area contributed by atoms with Gasteiger partial charge >= 0.3 is 0 Å². The molecule has 0 unspecified atom stereocenters. The summed E-state index contributed by atoms with van der Waals surface area (Å²) >= 11 is 0. The van der Waals surface area contributed by atoms with Crippen LogP contribution < -0.4 is 0 Å². The minimum atomic E-state index is -0.367. The minimum Gasteiger partial charge on any atom is -0.384 e. The van der Waals surface area contributed by atoms with Crippen molar-refractivity contribution in [2.75, 3.05) is 6.61 Å². The van der Waals surface area contributed by atoms with Crippen LogP contribution >= 0.6 is 0 Å². The highest BCUT2D eigenvalue weighted by atomic mass is 19.1. The summed E-state index contributed by atoms with van der Waals surface area (Å²) in [5.41, 5.74) is 3.57. The molecule has 0 radical (unpaired) electrons. The number of halogens is 1. The van der Waals surface area contributed by atoms with Gasteiger partial charge in [0.05, 0.1) is 0 Å². The van der Waals surface area contributed by atoms with E-state index in [1.165, 1.54) is 24.3 Å². The third-order valence-electron chi connectivity index (χ3n) is 3.44. The Morgan fingerprint density at radius 2 is 1.76 bits per heavy atom. The zero-order valence-electron chi connectivity index (χ0n) is 11.9. The lowest BCUT2D eigenvalue weighted by atomic mass is 9.93. The lowest BCUT2D eigenvalue weighted by Crippen LogP contribution is -2.06. The molecule has 3 heteroatoms. The number of carbonyl (C=O) groups is 1. The van der Waals surface area contributed by atoms with Crippen molar-refractivity contribution in [3.8, 4) is 11.8 Å². The van der Waals surface area contributed by atoms with Crippen molar-refractivity contribution in [1.82, 2.24) is 0 Å². The van der Waals surface area contributed by atoms with Gasteiger partial charge in [0.25, 0.3) is 0 Å². The molecule has 2 aromatic rings. The van der Waals surface area contributed by atoms with Crippen LogP contribution in [0.4, 0.5) is 4.39 Å². The maximum absolute atomic E-state index is 12.9. The first kappa shape index (κ1) is 15.0. The van der Waals surface area contributed by atoms with Crippen LogP contribution in [0.5, 0.6) is 0 Å². The molecule has 0 aliphatic rings. The summed E-state index contributed by atoms with van der Waals surface area (Å²) in [6, 6.07) is 8.99. The molecule has 0 saturated carbocycles. The van der Waals surface area contributed by atoms with Gasteiger partial charge in [-0.2, -0.15) is 0 Å². The van der Waals surface area contributed by atoms with E-state index in [2.05, 4.69) is 11.8 Å². The van der Waals surface area contributed by atoms with Crippen LogP contribution in [0.2, 0.25) is 0 Å². The molecule has 21 heavy (non-hydrogen) atoms. The number of rotatable bonds is 2. The van der Waals surface area contributed by atoms with Crippen molar-refractivity contribution in [1.29, 1.82) is 0 Å². The average Bonchev–Trinajstić information content (AvgIpc) is 2.49. The standard InChI is InChI=1S/C18H15FO2/c1-12-13(2)17(10-7-14(12)4-3-11-20)18(21)15-5-8-16(19)9-6-15/h5-10,20H,11H2,1-2H3. The van der Waals surface area contributed by atoms with Crippen LogP contribution in [0.1, 0.15) is 32.6 Å². The first-order valence-electron chi connectivity index (χ1n) is 6.54. The minimum absolute atomic E-state index is 0.141. The molecule has 1 N–H and O–H groups in total. The van der Waals surface area contributed by atoms with Crippen molar-refractivity contribution >= 4 is 5.78 Å². The van der Waals surface area contributed by atoms with Gasteiger partial charge in [0.1, 0.15) is 12.4 Å². The van der Waals surface area contributed by atoms with Gasteiger partial charge in [-0.1, -0.05) is 11.8 Å². The fraction of sp³-hybridized carbons (Fsp3) is 0.167. The van der Waals surface area contributed by atoms with Crippen molar-refractivity contribution in [2.24, 2.45) is 0 Å². The van der Waals surface area contributed by atoms with Crippen LogP contribution in [0.3, 0.4) is 0 Å². The Balaban J connectivity index is 2.43. The van der Waals surface area contributed by atoms with Gasteiger partial charge in [0, 0.05) is 16.7 Å². The van der Waals surface area contributed by atoms with E-state index in [0.29, 0.717) is 11.1 Å². The second kappa shape index (κ2) is 6.34. The Bertz CT molecular complexity index is 734. The lowest BCUT2D eigenvalue weighted by Gasteiger charge is -2.10. The number of ketones is 1. The zero-order chi connectivity index (χ0) is 15.4. The number of aliphatic hydroxyl groups is 1. The molecule has 0 amide bonds. The maximum Gasteiger partial charge on any atom is 0.193 e. The normalized spacial score (nSPS) is 9.90. The third kappa shape index (κ3) is 3.18. The first-order valence-corrected chi connectivity index (χ1v) is 6.54. The van der Waals surface area contributed by atoms with E-state index in [0.717, 1.165) is 16.7 Å². The van der Waals surface area contributed by atoms with Crippen LogP contribution in [0.25, 0.3) is 0 Å². The molecule has 0 aromatic heterocycles. The number of aliphatic hydroxyl groups excluding tert-OH is 1. The van der Waals surface area contributed by atoms with Gasteiger partial charge < -0.3 is 5.11 Å². The van der Waals surface area contributed by atoms with Gasteiger partial charge in [0.15, 0.2) is 5.78 Å². The fourth-order valence-electron chi connectivity index (χ4n) is 2.09. The second-order valence-corrected chi connectivity index (χ2v) is 4.71. The summed E-state index contributed by atoms with van der Waals surface area (Å²) < 4.78 is 12.9. The summed E-state index contributed by atoms with van der Waals surface area (Å²) in [6.45, 7) is 3.54. The van der Waals surface area contributed by atoms with Crippen LogP contribution in [0.15, 0.2) is 36.4 Å². The van der Waals surface area contributed by atoms with E-state index in [4.69, 9.17) is 5.11 Å². The fourth-order valence-corrected chi connectivity index (χ4v) is 2.09. The van der Waals surface area contributed by atoms with E-state index in [1.54, 1.807) is 12.1 Å². The molecule has 0 aliphatic carbocycles. The zero-order valence-corrected chi connectivity index (χ0v) is 11.9. The van der Waals surface area contributed by atoms with E-state index < -0.39 is 0 Å². The third-order valence-corrected chi connectivity index (χ3v) is 3.44. The van der Waals surface area contributed by atoms with Gasteiger partial charge in [-0.05, 0) is 61.4 Å². The molecule has 0 fully saturated rings. The van der Waals surface area contributed by atoms with Crippen molar-refractivity contribution in [2.45, 2.75) is 13.8 Å². The Morgan fingerprint density at radius 3 is 2.38 bits per heavy atom. The number of benzene rings is 2. The molecule has 0 spiro atoms. The Kier molecular flexibility index (Phi) is 4.52. The van der Waals surface area contributed by atoms with Crippen LogP contribution in [0, 0.1) is 31.5 Å². The molecule has 0 atom stereocenters. The Hall–Kier alpha value is -2.44. The Morgan fingerprint density at radius 1 is 1.10 bits per heavy atom. The SMILES string of the molecule is Cc1c(C#CCO)ccc(C(=O)c2ccc(F)cc2)c1C. The second-order valence-electron chi connectivity index (χ2n) is 4.71. The van der Waals surface area contributed by atoms with Crippen molar-refractivity contribution < 1.29 is 14.3 Å². The number of hydrogen-bond donors (Lipinski definition) is 1. The first-order chi connectivity index (χ1) is 10.0. The van der Waals surface area contributed by atoms with Gasteiger partial charge in [-0.25, -0.2) is 4.39 Å². The van der Waals surface area contributed by atoms with Gasteiger partial charge in [0.2, 0.25) is 0 Å². The summed E-state index contributed by atoms with van der Waals surface area (Å²) in [6.07, 6.45) is 0. The van der Waals surface area contributed by atoms with E-state index in [-0.39, 0.29) is 18.2 Å². The molecule has 2 aromatic carbocycles. The quantitative estimate of drug-likeness (QED) is 0.679. The highest BCUT2D eigenvalue weighted by molar-refractivity contribution is 6.10. The molecule has 106 valence electrons. The van der Waals surface area contributed by atoms with Crippen LogP contribution in [-0.4, -0.2) is 17.5 Å². The summed E-state index contributed by atoms with van der Waals surface area (Å²) in [4.78, 5) is 12.5. The van der Waals surface area contributed by atoms with Gasteiger partial charge in [-0.3, -0.25) is 4.79 Å². The molecule has 2 rings (SSSR count). The number of carbonyl (C=O) groups excluding carboxylic acids is 1. The largest absolute Gasteiger partial charge is 0.384 e. The average molecular weight is 282 g/mol. The molecule has 0 saturated heterocycles. The highest BCUT2D eigenvalue weighted by Gasteiger charge is 2.14. The smallest absolute Gasteiger partial charge is 0.193 e. The predicted molar refractivity (Wildman–Crippen MR) is 79.7 cm³/mol. The predicted octanol–water partition coefficient (Wildman–Crippen LogP) is 3.02. The molecule has 2 nitrogen and oxygen atoms in total. The van der Waals surface area contributed by atoms with Gasteiger partial charge in [-0.15, -0.1) is 0 Å². The lowest BCUT2D eigenvalue weighted by molar-refractivity contribution is 0.103. The van der Waals surface area contributed by atoms with Crippen molar-refractivity contribution in [3.63, 3.8) is 0 Å². The van der Waals surface area contributed by atoms with E-state index >= 15 is 0 Å². The molecular weight excluding hydrogens is 267 g/mol. The maximum atomic E-state index is 12.9. The van der Waals surface area contributed by atoms with Crippen LogP contribution in [-0.2, 0) is 0 Å². The molecule has 0 aliphatic heterocycles. The Labute approximate surface area is 123 Å². The van der Waals surface area contributed by atoms with Crippen molar-refractivity contribution in [3.05, 3.63) is 70.0 Å². The van der Waals surface area contributed by atoms with E-state index in [1.807, 2.05) is 13.8 Å². The summed E-state index contributed by atoms with van der Waals surface area (Å²) in [5.74, 6) is 4.95. The molecular formula is C18H15FO2. The molecule has 0 bridgehead atoms.